The third kappa shape index (κ3) is 5.86. The molecule has 1 saturated heterocycles. The fourth-order valence-corrected chi connectivity index (χ4v) is 4.45. The molecule has 0 aromatic heterocycles. The molecule has 1 aromatic carbocycles. The Kier molecular flexibility index (Phi) is 7.42. The summed E-state index contributed by atoms with van der Waals surface area (Å²) in [7, 11) is 0. The Morgan fingerprint density at radius 2 is 1.70 bits per heavy atom. The molecule has 148 valence electrons. The second-order valence-corrected chi connectivity index (χ2v) is 8.62. The lowest BCUT2D eigenvalue weighted by Gasteiger charge is -2.32. The highest BCUT2D eigenvalue weighted by Crippen LogP contribution is 2.27. The van der Waals surface area contributed by atoms with Crippen LogP contribution in [0, 0.1) is 5.92 Å². The molecule has 0 bridgehead atoms. The summed E-state index contributed by atoms with van der Waals surface area (Å²) in [6.07, 6.45) is 9.78. The normalized spacial score (nSPS) is 19.1. The first-order valence-electron chi connectivity index (χ1n) is 10.1. The summed E-state index contributed by atoms with van der Waals surface area (Å²) in [4.78, 5) is 26.7. The van der Waals surface area contributed by atoms with Crippen LogP contribution < -0.4 is 5.32 Å². The maximum absolute atomic E-state index is 12.6. The van der Waals surface area contributed by atoms with E-state index in [-0.39, 0.29) is 17.9 Å². The molecular weight excluding hydrogens is 383 g/mol. The molecule has 3 rings (SSSR count). The van der Waals surface area contributed by atoms with Crippen LogP contribution in [0.1, 0.15) is 68.1 Å². The van der Waals surface area contributed by atoms with Crippen LogP contribution in [0.5, 0.6) is 0 Å². The minimum atomic E-state index is -0.0318. The highest BCUT2D eigenvalue weighted by molar-refractivity contribution is 6.42. The highest BCUT2D eigenvalue weighted by Gasteiger charge is 2.25. The van der Waals surface area contributed by atoms with E-state index in [9.17, 15) is 9.59 Å². The van der Waals surface area contributed by atoms with Crippen LogP contribution in [0.3, 0.4) is 0 Å². The van der Waals surface area contributed by atoms with Gasteiger partial charge in [0.05, 0.1) is 10.0 Å². The first-order chi connectivity index (χ1) is 13.0. The van der Waals surface area contributed by atoms with Crippen molar-refractivity contribution in [1.82, 2.24) is 10.2 Å². The number of piperidine rings is 1. The van der Waals surface area contributed by atoms with E-state index >= 15 is 0 Å². The van der Waals surface area contributed by atoms with E-state index in [0.717, 1.165) is 25.2 Å². The summed E-state index contributed by atoms with van der Waals surface area (Å²) < 4.78 is 0. The Bertz CT molecular complexity index is 666. The number of carbonyl (C=O) groups is 2. The SMILES string of the molecule is O=C(CCC1CCCCC1)NC1CCN(C(=O)c2ccc(Cl)c(Cl)c2)CC1. The Morgan fingerprint density at radius 1 is 1.00 bits per heavy atom. The summed E-state index contributed by atoms with van der Waals surface area (Å²) in [5.41, 5.74) is 0.555. The zero-order valence-corrected chi connectivity index (χ0v) is 17.2. The first-order valence-corrected chi connectivity index (χ1v) is 10.8. The molecular formula is C21H28Cl2N2O2. The first kappa shape index (κ1) is 20.5. The fourth-order valence-electron chi connectivity index (χ4n) is 4.15. The van der Waals surface area contributed by atoms with Crippen LogP contribution in [0.4, 0.5) is 0 Å². The van der Waals surface area contributed by atoms with E-state index in [1.165, 1.54) is 32.1 Å². The van der Waals surface area contributed by atoms with Crippen LogP contribution in [0.15, 0.2) is 18.2 Å². The van der Waals surface area contributed by atoms with Gasteiger partial charge in [0.25, 0.3) is 5.91 Å². The van der Waals surface area contributed by atoms with E-state index in [4.69, 9.17) is 23.2 Å². The summed E-state index contributed by atoms with van der Waals surface area (Å²) >= 11 is 11.9. The van der Waals surface area contributed by atoms with E-state index in [0.29, 0.717) is 35.1 Å². The standard InChI is InChI=1S/C21H28Cl2N2O2/c22-18-8-7-16(14-19(18)23)21(27)25-12-10-17(11-13-25)24-20(26)9-6-15-4-2-1-3-5-15/h7-8,14-15,17H,1-6,9-13H2,(H,24,26). The number of halogens is 2. The van der Waals surface area contributed by atoms with Gasteiger partial charge in [-0.1, -0.05) is 55.3 Å². The van der Waals surface area contributed by atoms with Crippen LogP contribution in [-0.4, -0.2) is 35.8 Å². The summed E-state index contributed by atoms with van der Waals surface area (Å²) in [6, 6.07) is 5.14. The highest BCUT2D eigenvalue weighted by atomic mass is 35.5. The van der Waals surface area contributed by atoms with Crippen molar-refractivity contribution in [2.45, 2.75) is 63.8 Å². The number of nitrogens with one attached hydrogen (secondary N) is 1. The van der Waals surface area contributed by atoms with Crippen molar-refractivity contribution >= 4 is 35.0 Å². The Labute approximate surface area is 171 Å². The van der Waals surface area contributed by atoms with E-state index in [2.05, 4.69) is 5.32 Å². The predicted octanol–water partition coefficient (Wildman–Crippen LogP) is 5.07. The van der Waals surface area contributed by atoms with Crippen molar-refractivity contribution < 1.29 is 9.59 Å². The Hall–Kier alpha value is -1.26. The molecule has 1 aliphatic carbocycles. The van der Waals surface area contributed by atoms with Gasteiger partial charge < -0.3 is 10.2 Å². The maximum atomic E-state index is 12.6. The zero-order valence-electron chi connectivity index (χ0n) is 15.7. The lowest BCUT2D eigenvalue weighted by molar-refractivity contribution is -0.122. The summed E-state index contributed by atoms with van der Waals surface area (Å²) in [5, 5.41) is 4.00. The van der Waals surface area contributed by atoms with Gasteiger partial charge in [-0.25, -0.2) is 0 Å². The van der Waals surface area contributed by atoms with Gasteiger partial charge in [-0.3, -0.25) is 9.59 Å². The summed E-state index contributed by atoms with van der Waals surface area (Å²) in [6.45, 7) is 1.29. The molecule has 0 spiro atoms. The van der Waals surface area contributed by atoms with Crippen molar-refractivity contribution in [1.29, 1.82) is 0 Å². The molecule has 2 amide bonds. The largest absolute Gasteiger partial charge is 0.353 e. The third-order valence-corrected chi connectivity index (χ3v) is 6.56. The molecule has 1 aliphatic heterocycles. The van der Waals surface area contributed by atoms with Crippen LogP contribution in [-0.2, 0) is 4.79 Å². The lowest BCUT2D eigenvalue weighted by Crippen LogP contribution is -2.46. The topological polar surface area (TPSA) is 49.4 Å². The van der Waals surface area contributed by atoms with Gasteiger partial charge in [0.2, 0.25) is 5.91 Å². The number of amides is 2. The van der Waals surface area contributed by atoms with Crippen molar-refractivity contribution in [3.8, 4) is 0 Å². The van der Waals surface area contributed by atoms with Crippen molar-refractivity contribution in [3.05, 3.63) is 33.8 Å². The number of benzene rings is 1. The summed E-state index contributed by atoms with van der Waals surface area (Å²) in [5.74, 6) is 0.862. The minimum Gasteiger partial charge on any atom is -0.353 e. The van der Waals surface area contributed by atoms with Crippen molar-refractivity contribution in [2.75, 3.05) is 13.1 Å². The molecule has 1 heterocycles. The van der Waals surface area contributed by atoms with Gasteiger partial charge in [-0.15, -0.1) is 0 Å². The maximum Gasteiger partial charge on any atom is 0.253 e. The molecule has 2 fully saturated rings. The quantitative estimate of drug-likeness (QED) is 0.735. The molecule has 1 N–H and O–H groups in total. The van der Waals surface area contributed by atoms with Gasteiger partial charge in [-0.2, -0.15) is 0 Å². The predicted molar refractivity (Wildman–Crippen MR) is 109 cm³/mol. The van der Waals surface area contributed by atoms with Crippen LogP contribution >= 0.6 is 23.2 Å². The number of hydrogen-bond donors (Lipinski definition) is 1. The van der Waals surface area contributed by atoms with Crippen molar-refractivity contribution in [2.24, 2.45) is 5.92 Å². The minimum absolute atomic E-state index is 0.0318. The third-order valence-electron chi connectivity index (χ3n) is 5.82. The number of nitrogens with zero attached hydrogens (tertiary/aromatic N) is 1. The van der Waals surface area contributed by atoms with Crippen LogP contribution in [0.25, 0.3) is 0 Å². The van der Waals surface area contributed by atoms with Gasteiger partial charge >= 0.3 is 0 Å². The second kappa shape index (κ2) is 9.79. The zero-order chi connectivity index (χ0) is 19.2. The number of rotatable bonds is 5. The number of hydrogen-bond acceptors (Lipinski definition) is 2. The number of likely N-dealkylation sites (tertiary alicyclic amines) is 1. The van der Waals surface area contributed by atoms with E-state index < -0.39 is 0 Å². The number of carbonyl (C=O) groups excluding carboxylic acids is 2. The monoisotopic (exact) mass is 410 g/mol. The molecule has 0 radical (unpaired) electrons. The van der Waals surface area contributed by atoms with Gasteiger partial charge in [0, 0.05) is 31.1 Å². The smallest absolute Gasteiger partial charge is 0.253 e. The van der Waals surface area contributed by atoms with Crippen LogP contribution in [0.2, 0.25) is 10.0 Å². The average Bonchev–Trinajstić information content (AvgIpc) is 2.69. The molecule has 6 heteroatoms. The lowest BCUT2D eigenvalue weighted by atomic mass is 9.86. The second-order valence-electron chi connectivity index (χ2n) is 7.81. The molecule has 1 aromatic rings. The Balaban J connectivity index is 1.40. The molecule has 2 aliphatic rings. The van der Waals surface area contributed by atoms with Gasteiger partial charge in [0.1, 0.15) is 0 Å². The van der Waals surface area contributed by atoms with E-state index in [1.54, 1.807) is 18.2 Å². The molecule has 1 saturated carbocycles. The Morgan fingerprint density at radius 3 is 2.37 bits per heavy atom. The average molecular weight is 411 g/mol. The molecule has 27 heavy (non-hydrogen) atoms. The fraction of sp³-hybridized carbons (Fsp3) is 0.619. The molecule has 0 atom stereocenters. The van der Waals surface area contributed by atoms with Gasteiger partial charge in [0.15, 0.2) is 0 Å². The van der Waals surface area contributed by atoms with Gasteiger partial charge in [-0.05, 0) is 43.4 Å². The van der Waals surface area contributed by atoms with E-state index in [1.807, 2.05) is 4.90 Å². The molecule has 0 unspecified atom stereocenters. The molecule has 4 nitrogen and oxygen atoms in total. The van der Waals surface area contributed by atoms with Crippen molar-refractivity contribution in [3.63, 3.8) is 0 Å².